The van der Waals surface area contributed by atoms with Crippen molar-refractivity contribution in [1.82, 2.24) is 9.88 Å². The van der Waals surface area contributed by atoms with E-state index in [1.165, 1.54) is 39.1 Å². The predicted molar refractivity (Wildman–Crippen MR) is 140 cm³/mol. The van der Waals surface area contributed by atoms with Crippen LogP contribution in [0.5, 0.6) is 0 Å². The highest BCUT2D eigenvalue weighted by Gasteiger charge is 2.30. The van der Waals surface area contributed by atoms with E-state index in [0.717, 1.165) is 44.3 Å². The third-order valence-corrected chi connectivity index (χ3v) is 7.40. The van der Waals surface area contributed by atoms with Gasteiger partial charge in [-0.3, -0.25) is 0 Å². The Morgan fingerprint density at radius 1 is 1.25 bits per heavy atom. The predicted octanol–water partition coefficient (Wildman–Crippen LogP) is 6.07. The van der Waals surface area contributed by atoms with Crippen LogP contribution in [-0.2, 0) is 36.9 Å². The summed E-state index contributed by atoms with van der Waals surface area (Å²) in [5.41, 5.74) is 10.6. The lowest BCUT2D eigenvalue weighted by Crippen LogP contribution is -2.37. The molecule has 3 rings (SSSR count). The van der Waals surface area contributed by atoms with Gasteiger partial charge in [-0.15, -0.1) is 0 Å². The Bertz CT molecular complexity index is 986. The number of rotatable bonds is 10. The summed E-state index contributed by atoms with van der Waals surface area (Å²) in [6, 6.07) is 5.15. The maximum absolute atomic E-state index is 12.0. The van der Waals surface area contributed by atoms with Crippen LogP contribution in [0.1, 0.15) is 65.4 Å². The lowest BCUT2D eigenvalue weighted by atomic mass is 9.84. The number of aromatic nitrogens is 1. The molecule has 1 N–H and O–H groups in total. The quantitative estimate of drug-likeness (QED) is 0.352. The molecule has 2 aromatic rings. The summed E-state index contributed by atoms with van der Waals surface area (Å²) in [7, 11) is 0. The Labute approximate surface area is 197 Å². The van der Waals surface area contributed by atoms with Crippen LogP contribution in [-0.4, -0.2) is 33.0 Å². The molecular weight excluding hydrogens is 412 g/mol. The van der Waals surface area contributed by atoms with E-state index < -0.39 is 11.2 Å². The SMILES string of the molecule is C=C/C=C\c1c(CCC2c3cc(CC)c(CC)cc3CCN2C(=C)C[S+](C)[O-])c[nH]c1C. The monoisotopic (exact) mass is 450 g/mol. The molecule has 0 radical (unpaired) electrons. The second kappa shape index (κ2) is 11.1. The lowest BCUT2D eigenvalue weighted by Gasteiger charge is -2.40. The van der Waals surface area contributed by atoms with E-state index in [4.69, 9.17) is 0 Å². The molecule has 0 fully saturated rings. The van der Waals surface area contributed by atoms with Crippen LogP contribution in [0.25, 0.3) is 6.08 Å². The molecule has 32 heavy (non-hydrogen) atoms. The van der Waals surface area contributed by atoms with Crippen molar-refractivity contribution >= 4 is 17.3 Å². The number of nitrogens with zero attached hydrogens (tertiary/aromatic N) is 1. The minimum atomic E-state index is -0.890. The molecule has 172 valence electrons. The van der Waals surface area contributed by atoms with Gasteiger partial charge in [0.25, 0.3) is 0 Å². The highest BCUT2D eigenvalue weighted by atomic mass is 32.2. The van der Waals surface area contributed by atoms with Crippen LogP contribution in [0, 0.1) is 6.92 Å². The Kier molecular flexibility index (Phi) is 8.50. The summed E-state index contributed by atoms with van der Waals surface area (Å²) in [4.78, 5) is 5.81. The lowest BCUT2D eigenvalue weighted by molar-refractivity contribution is 0.230. The molecule has 1 aromatic carbocycles. The molecule has 0 bridgehead atoms. The van der Waals surface area contributed by atoms with Gasteiger partial charge < -0.3 is 14.4 Å². The fourth-order valence-corrected chi connectivity index (χ4v) is 5.64. The second-order valence-electron chi connectivity index (χ2n) is 8.76. The largest absolute Gasteiger partial charge is 0.616 e. The Balaban J connectivity index is 1.96. The Morgan fingerprint density at radius 2 is 1.97 bits per heavy atom. The fourth-order valence-electron chi connectivity index (χ4n) is 5.00. The number of aryl methyl sites for hydroxylation is 4. The molecule has 0 saturated heterocycles. The van der Waals surface area contributed by atoms with Gasteiger partial charge in [0.05, 0.1) is 18.0 Å². The molecule has 0 spiro atoms. The molecule has 2 heterocycles. The van der Waals surface area contributed by atoms with Gasteiger partial charge in [-0.25, -0.2) is 0 Å². The van der Waals surface area contributed by atoms with Gasteiger partial charge in [0.2, 0.25) is 0 Å². The minimum Gasteiger partial charge on any atom is -0.616 e. The number of aromatic amines is 1. The summed E-state index contributed by atoms with van der Waals surface area (Å²) in [6.07, 6.45) is 15.0. The number of nitrogens with one attached hydrogen (secondary N) is 1. The van der Waals surface area contributed by atoms with Gasteiger partial charge >= 0.3 is 0 Å². The first-order chi connectivity index (χ1) is 15.4. The molecule has 1 aliphatic rings. The highest BCUT2D eigenvalue weighted by Crippen LogP contribution is 2.38. The van der Waals surface area contributed by atoms with E-state index in [0.29, 0.717) is 5.75 Å². The number of hydrogen-bond donors (Lipinski definition) is 1. The Morgan fingerprint density at radius 3 is 2.62 bits per heavy atom. The second-order valence-corrected chi connectivity index (χ2v) is 10.2. The van der Waals surface area contributed by atoms with Crippen molar-refractivity contribution in [1.29, 1.82) is 0 Å². The summed E-state index contributed by atoms with van der Waals surface area (Å²) in [6.45, 7) is 15.7. The molecular formula is C28H38N2OS. The van der Waals surface area contributed by atoms with Crippen molar-refractivity contribution in [2.45, 2.75) is 58.9 Å². The van der Waals surface area contributed by atoms with Gasteiger partial charge in [-0.05, 0) is 72.4 Å². The minimum absolute atomic E-state index is 0.262. The van der Waals surface area contributed by atoms with Gasteiger partial charge in [-0.2, -0.15) is 0 Å². The zero-order valence-corrected chi connectivity index (χ0v) is 21.0. The van der Waals surface area contributed by atoms with E-state index in [1.54, 1.807) is 6.26 Å². The van der Waals surface area contributed by atoms with Crippen LogP contribution in [0.2, 0.25) is 0 Å². The third kappa shape index (κ3) is 5.41. The average molecular weight is 451 g/mol. The van der Waals surface area contributed by atoms with E-state index in [1.807, 2.05) is 12.2 Å². The normalized spacial score (nSPS) is 16.9. The summed E-state index contributed by atoms with van der Waals surface area (Å²) < 4.78 is 12.0. The van der Waals surface area contributed by atoms with Crippen LogP contribution >= 0.6 is 0 Å². The summed E-state index contributed by atoms with van der Waals surface area (Å²) in [5, 5.41) is 0. The van der Waals surface area contributed by atoms with E-state index >= 15 is 0 Å². The van der Waals surface area contributed by atoms with Crippen molar-refractivity contribution in [3.8, 4) is 0 Å². The topological polar surface area (TPSA) is 42.1 Å². The average Bonchev–Trinajstić information content (AvgIpc) is 3.13. The molecule has 0 amide bonds. The number of benzene rings is 1. The van der Waals surface area contributed by atoms with Gasteiger partial charge in [-0.1, -0.05) is 68.5 Å². The van der Waals surface area contributed by atoms with E-state index in [2.05, 4.69) is 68.2 Å². The number of hydrogen-bond acceptors (Lipinski definition) is 2. The Hall–Kier alpha value is -2.17. The zero-order chi connectivity index (χ0) is 23.3. The molecule has 2 atom stereocenters. The van der Waals surface area contributed by atoms with Crippen LogP contribution in [0.15, 0.2) is 49.3 Å². The fraction of sp³-hybridized carbons (Fsp3) is 0.429. The first kappa shape index (κ1) is 24.5. The van der Waals surface area contributed by atoms with Gasteiger partial charge in [0.15, 0.2) is 0 Å². The van der Waals surface area contributed by atoms with Gasteiger partial charge in [0, 0.05) is 18.4 Å². The first-order valence-electron chi connectivity index (χ1n) is 11.7. The van der Waals surface area contributed by atoms with Crippen LogP contribution in [0.4, 0.5) is 0 Å². The molecule has 4 heteroatoms. The van der Waals surface area contributed by atoms with Gasteiger partial charge in [0.1, 0.15) is 5.75 Å². The molecule has 1 aliphatic heterocycles. The highest BCUT2D eigenvalue weighted by molar-refractivity contribution is 7.90. The standard InChI is InChI=1S/C28H38N2OS/c1-7-10-11-26-21(5)29-18-25(26)12-13-28-27-17-23(9-3)22(8-2)16-24(27)14-15-30(28)20(4)19-32(6)31/h7,10-11,16-18,28-29H,1,4,8-9,12-15,19H2,2-3,5-6H3/b11-10-. The van der Waals surface area contributed by atoms with Crippen molar-refractivity contribution in [2.24, 2.45) is 0 Å². The van der Waals surface area contributed by atoms with Crippen molar-refractivity contribution in [2.75, 3.05) is 18.6 Å². The van der Waals surface area contributed by atoms with Crippen LogP contribution < -0.4 is 0 Å². The summed E-state index contributed by atoms with van der Waals surface area (Å²) >= 11 is -0.890. The number of allylic oxidation sites excluding steroid dienone is 2. The number of fused-ring (bicyclic) bond motifs is 1. The molecule has 0 aliphatic carbocycles. The maximum atomic E-state index is 12.0. The molecule has 3 nitrogen and oxygen atoms in total. The first-order valence-corrected chi connectivity index (χ1v) is 13.5. The molecule has 1 aromatic heterocycles. The smallest absolute Gasteiger partial charge is 0.144 e. The molecule has 0 saturated carbocycles. The van der Waals surface area contributed by atoms with Crippen LogP contribution in [0.3, 0.4) is 0 Å². The zero-order valence-electron chi connectivity index (χ0n) is 20.2. The van der Waals surface area contributed by atoms with Crippen molar-refractivity contribution in [3.05, 3.63) is 88.4 Å². The van der Waals surface area contributed by atoms with Crippen molar-refractivity contribution < 1.29 is 4.55 Å². The third-order valence-electron chi connectivity index (χ3n) is 6.66. The van der Waals surface area contributed by atoms with E-state index in [9.17, 15) is 4.55 Å². The number of H-pyrrole nitrogens is 1. The maximum Gasteiger partial charge on any atom is 0.144 e. The van der Waals surface area contributed by atoms with E-state index in [-0.39, 0.29) is 6.04 Å². The molecule has 2 unspecified atom stereocenters. The summed E-state index contributed by atoms with van der Waals surface area (Å²) in [5.74, 6) is 0.538. The van der Waals surface area contributed by atoms with Crippen molar-refractivity contribution in [3.63, 3.8) is 0 Å².